The lowest BCUT2D eigenvalue weighted by Crippen LogP contribution is -2.48. The summed E-state index contributed by atoms with van der Waals surface area (Å²) >= 11 is 0. The highest BCUT2D eigenvalue weighted by Gasteiger charge is 2.40. The molecule has 2 aromatic rings. The highest BCUT2D eigenvalue weighted by molar-refractivity contribution is 6.04. The van der Waals surface area contributed by atoms with Crippen LogP contribution in [0.5, 0.6) is 0 Å². The smallest absolute Gasteiger partial charge is 0.356 e. The summed E-state index contributed by atoms with van der Waals surface area (Å²) in [5.74, 6) is 0.211. The van der Waals surface area contributed by atoms with Crippen molar-refractivity contribution in [2.75, 3.05) is 35.3 Å². The lowest BCUT2D eigenvalue weighted by atomic mass is 10.2. The number of carbonyl (C=O) groups is 2. The predicted octanol–water partition coefficient (Wildman–Crippen LogP) is 1.77. The molecule has 0 aliphatic carbocycles. The minimum Gasteiger partial charge on any atom is -0.464 e. The van der Waals surface area contributed by atoms with E-state index in [1.165, 1.54) is 13.3 Å². The number of nitriles is 1. The number of urea groups is 1. The zero-order valence-corrected chi connectivity index (χ0v) is 14.5. The fraction of sp³-hybridized carbons (Fsp3) is 0.278. The Morgan fingerprint density at radius 2 is 2.19 bits per heavy atom. The molecular formula is C18H16N6O3. The van der Waals surface area contributed by atoms with E-state index in [2.05, 4.69) is 20.2 Å². The molecule has 4 heterocycles. The van der Waals surface area contributed by atoms with Crippen LogP contribution in [-0.2, 0) is 4.74 Å². The molecule has 1 atom stereocenters. The van der Waals surface area contributed by atoms with Crippen LogP contribution in [0.25, 0.3) is 0 Å². The number of ether oxygens (including phenoxy) is 1. The van der Waals surface area contributed by atoms with Crippen LogP contribution in [-0.4, -0.2) is 48.2 Å². The molecule has 2 aliphatic heterocycles. The van der Waals surface area contributed by atoms with Gasteiger partial charge in [-0.15, -0.1) is 0 Å². The van der Waals surface area contributed by atoms with Gasteiger partial charge in [-0.2, -0.15) is 5.26 Å². The van der Waals surface area contributed by atoms with Gasteiger partial charge in [0.15, 0.2) is 11.5 Å². The molecule has 2 aromatic heterocycles. The number of methoxy groups -OCH3 is 1. The Labute approximate surface area is 155 Å². The molecule has 1 saturated heterocycles. The molecule has 2 aliphatic rings. The number of hydrogen-bond acceptors (Lipinski definition) is 7. The van der Waals surface area contributed by atoms with Crippen molar-refractivity contribution in [3.05, 3.63) is 41.7 Å². The standard InChI is InChI=1S/C18H16N6O3/c1-27-17(25)13-3-4-14-16(21-13)24(12-6-7-23(14)10-12)18(26)22-15-5-2-11(8-19)9-20-15/h2-5,9,12H,6-7,10H2,1H3,(H,20,22,26)/t12-/m0/s1. The van der Waals surface area contributed by atoms with Gasteiger partial charge in [0.25, 0.3) is 0 Å². The van der Waals surface area contributed by atoms with Crippen molar-refractivity contribution >= 4 is 29.3 Å². The van der Waals surface area contributed by atoms with Gasteiger partial charge in [0.2, 0.25) is 0 Å². The number of nitrogens with one attached hydrogen (secondary N) is 1. The number of rotatable bonds is 2. The van der Waals surface area contributed by atoms with E-state index >= 15 is 0 Å². The number of hydrogen-bond donors (Lipinski definition) is 1. The number of fused-ring (bicyclic) bond motifs is 4. The Bertz CT molecular complexity index is 953. The Kier molecular flexibility index (Phi) is 4.08. The Morgan fingerprint density at radius 3 is 2.89 bits per heavy atom. The van der Waals surface area contributed by atoms with E-state index in [0.717, 1.165) is 18.7 Å². The van der Waals surface area contributed by atoms with E-state index in [1.54, 1.807) is 29.2 Å². The third kappa shape index (κ3) is 2.91. The lowest BCUT2D eigenvalue weighted by molar-refractivity contribution is 0.0594. The van der Waals surface area contributed by atoms with E-state index < -0.39 is 5.97 Å². The zero-order valence-electron chi connectivity index (χ0n) is 14.5. The number of pyridine rings is 2. The molecule has 0 aromatic carbocycles. The highest BCUT2D eigenvalue weighted by Crippen LogP contribution is 2.39. The number of anilines is 3. The van der Waals surface area contributed by atoms with Gasteiger partial charge in [0.1, 0.15) is 11.9 Å². The quantitative estimate of drug-likeness (QED) is 0.808. The molecule has 0 spiro atoms. The summed E-state index contributed by atoms with van der Waals surface area (Å²) in [5, 5.41) is 11.6. The van der Waals surface area contributed by atoms with Gasteiger partial charge >= 0.3 is 12.0 Å². The van der Waals surface area contributed by atoms with Crippen LogP contribution in [0.4, 0.5) is 22.1 Å². The Morgan fingerprint density at radius 1 is 1.33 bits per heavy atom. The van der Waals surface area contributed by atoms with E-state index in [1.807, 2.05) is 6.07 Å². The molecule has 0 radical (unpaired) electrons. The maximum absolute atomic E-state index is 13.0. The van der Waals surface area contributed by atoms with Gasteiger partial charge in [-0.25, -0.2) is 19.6 Å². The van der Waals surface area contributed by atoms with E-state index in [9.17, 15) is 9.59 Å². The second kappa shape index (κ2) is 6.57. The molecule has 1 fully saturated rings. The van der Waals surface area contributed by atoms with Gasteiger partial charge in [0, 0.05) is 19.3 Å². The van der Waals surface area contributed by atoms with E-state index in [4.69, 9.17) is 10.00 Å². The largest absolute Gasteiger partial charge is 0.464 e. The van der Waals surface area contributed by atoms with Crippen LogP contribution in [0.3, 0.4) is 0 Å². The van der Waals surface area contributed by atoms with Crippen LogP contribution < -0.4 is 15.1 Å². The third-order valence-corrected chi connectivity index (χ3v) is 4.69. The van der Waals surface area contributed by atoms with Crippen LogP contribution in [0, 0.1) is 11.3 Å². The summed E-state index contributed by atoms with van der Waals surface area (Å²) in [6, 6.07) is 8.10. The van der Waals surface area contributed by atoms with Gasteiger partial charge in [-0.1, -0.05) is 0 Å². The Hall–Kier alpha value is -3.67. The third-order valence-electron chi connectivity index (χ3n) is 4.69. The van der Waals surface area contributed by atoms with Gasteiger partial charge < -0.3 is 9.64 Å². The highest BCUT2D eigenvalue weighted by atomic mass is 16.5. The van der Waals surface area contributed by atoms with Gasteiger partial charge in [0.05, 0.1) is 24.4 Å². The molecule has 2 bridgehead atoms. The number of esters is 1. The monoisotopic (exact) mass is 364 g/mol. The van der Waals surface area contributed by atoms with E-state index in [0.29, 0.717) is 23.7 Å². The lowest BCUT2D eigenvalue weighted by Gasteiger charge is -2.35. The van der Waals surface area contributed by atoms with Crippen molar-refractivity contribution < 1.29 is 14.3 Å². The van der Waals surface area contributed by atoms with Crippen molar-refractivity contribution in [3.8, 4) is 6.07 Å². The number of amides is 2. The molecule has 0 saturated carbocycles. The maximum atomic E-state index is 13.0. The summed E-state index contributed by atoms with van der Waals surface area (Å²) < 4.78 is 4.74. The molecule has 2 amide bonds. The number of aromatic nitrogens is 2. The fourth-order valence-corrected chi connectivity index (χ4v) is 3.39. The minimum atomic E-state index is -0.556. The average molecular weight is 364 g/mol. The number of carbonyl (C=O) groups excluding carboxylic acids is 2. The number of nitrogens with zero attached hydrogens (tertiary/aromatic N) is 5. The van der Waals surface area contributed by atoms with Crippen LogP contribution in [0.15, 0.2) is 30.5 Å². The van der Waals surface area contributed by atoms with Crippen molar-refractivity contribution in [1.29, 1.82) is 5.26 Å². The summed E-state index contributed by atoms with van der Waals surface area (Å²) in [6.07, 6.45) is 2.20. The first-order valence-electron chi connectivity index (χ1n) is 8.41. The molecule has 0 unspecified atom stereocenters. The fourth-order valence-electron chi connectivity index (χ4n) is 3.39. The molecule has 9 nitrogen and oxygen atoms in total. The second-order valence-electron chi connectivity index (χ2n) is 6.26. The first-order chi connectivity index (χ1) is 13.1. The molecule has 136 valence electrons. The Balaban J connectivity index is 1.67. The van der Waals surface area contributed by atoms with Crippen molar-refractivity contribution in [2.45, 2.75) is 12.5 Å². The van der Waals surface area contributed by atoms with Crippen LogP contribution >= 0.6 is 0 Å². The van der Waals surface area contributed by atoms with Crippen LogP contribution in [0.2, 0.25) is 0 Å². The normalized spacial score (nSPS) is 17.1. The molecule has 9 heteroatoms. The van der Waals surface area contributed by atoms with Crippen molar-refractivity contribution in [3.63, 3.8) is 0 Å². The van der Waals surface area contributed by atoms with Gasteiger partial charge in [-0.05, 0) is 30.7 Å². The summed E-state index contributed by atoms with van der Waals surface area (Å²) in [6.45, 7) is 1.52. The molecule has 1 N–H and O–H groups in total. The SMILES string of the molecule is COC(=O)c1ccc2c(n1)N(C(=O)Nc1ccc(C#N)cn1)[C@H]1CCN2C1. The topological polar surface area (TPSA) is 111 Å². The van der Waals surface area contributed by atoms with Crippen molar-refractivity contribution in [1.82, 2.24) is 9.97 Å². The summed E-state index contributed by atoms with van der Waals surface area (Å²) in [4.78, 5) is 37.0. The summed E-state index contributed by atoms with van der Waals surface area (Å²) in [7, 11) is 1.29. The van der Waals surface area contributed by atoms with Crippen molar-refractivity contribution in [2.24, 2.45) is 0 Å². The van der Waals surface area contributed by atoms with Crippen LogP contribution in [0.1, 0.15) is 22.5 Å². The van der Waals surface area contributed by atoms with Gasteiger partial charge in [-0.3, -0.25) is 10.2 Å². The first-order valence-corrected chi connectivity index (χ1v) is 8.41. The van der Waals surface area contributed by atoms with E-state index in [-0.39, 0.29) is 17.8 Å². The molecule has 27 heavy (non-hydrogen) atoms. The zero-order chi connectivity index (χ0) is 19.0. The second-order valence-corrected chi connectivity index (χ2v) is 6.26. The molecule has 4 rings (SSSR count). The summed E-state index contributed by atoms with van der Waals surface area (Å²) in [5.41, 5.74) is 1.36. The average Bonchev–Trinajstić information content (AvgIpc) is 3.12. The predicted molar refractivity (Wildman–Crippen MR) is 96.6 cm³/mol. The molecular weight excluding hydrogens is 348 g/mol. The first kappa shape index (κ1) is 16.8. The minimum absolute atomic E-state index is 0.0451. The maximum Gasteiger partial charge on any atom is 0.356 e.